The molecule has 0 fully saturated rings. The Morgan fingerprint density at radius 1 is 0.541 bits per heavy atom. The molecule has 6 aromatic rings. The van der Waals surface area contributed by atoms with Crippen molar-refractivity contribution in [2.75, 3.05) is 5.73 Å². The first-order valence-corrected chi connectivity index (χ1v) is 12.1. The van der Waals surface area contributed by atoms with Gasteiger partial charge in [0.2, 0.25) is 0 Å². The van der Waals surface area contributed by atoms with Crippen molar-refractivity contribution in [1.29, 1.82) is 0 Å². The Labute approximate surface area is 215 Å². The van der Waals surface area contributed by atoms with E-state index in [0.717, 1.165) is 33.0 Å². The zero-order chi connectivity index (χ0) is 25.0. The number of anilines is 1. The number of para-hydroxylation sites is 2. The maximum Gasteiger partial charge on any atom is 0.165 e. The van der Waals surface area contributed by atoms with Crippen LogP contribution in [0.1, 0.15) is 5.56 Å². The third kappa shape index (κ3) is 4.62. The molecule has 0 saturated heterocycles. The van der Waals surface area contributed by atoms with Crippen molar-refractivity contribution in [3.8, 4) is 39.9 Å². The summed E-state index contributed by atoms with van der Waals surface area (Å²) < 4.78 is 6.17. The fraction of sp³-hybridized carbons (Fsp3) is 0.0312. The van der Waals surface area contributed by atoms with E-state index in [1.807, 2.05) is 97.1 Å². The second-order valence-electron chi connectivity index (χ2n) is 8.69. The van der Waals surface area contributed by atoms with E-state index < -0.39 is 0 Å². The molecule has 0 unspecified atom stereocenters. The Morgan fingerprint density at radius 2 is 1.11 bits per heavy atom. The van der Waals surface area contributed by atoms with Crippen LogP contribution in [-0.4, -0.2) is 15.0 Å². The minimum absolute atomic E-state index is 0.321. The Hall–Kier alpha value is -5.03. The lowest BCUT2D eigenvalue weighted by atomic mass is 9.98. The lowest BCUT2D eigenvalue weighted by Gasteiger charge is -2.15. The first-order chi connectivity index (χ1) is 18.3. The number of benzene rings is 5. The molecule has 0 radical (unpaired) electrons. The van der Waals surface area contributed by atoms with E-state index in [-0.39, 0.29) is 0 Å². The van der Waals surface area contributed by atoms with Gasteiger partial charge >= 0.3 is 0 Å². The van der Waals surface area contributed by atoms with Gasteiger partial charge in [-0.15, -0.1) is 0 Å². The van der Waals surface area contributed by atoms with Crippen molar-refractivity contribution < 1.29 is 4.74 Å². The fourth-order valence-electron chi connectivity index (χ4n) is 4.39. The molecule has 0 saturated carbocycles. The normalized spacial score (nSPS) is 10.9. The molecular formula is C32H24N4O. The van der Waals surface area contributed by atoms with Crippen molar-refractivity contribution in [2.45, 2.75) is 6.61 Å². The molecule has 5 heteroatoms. The standard InChI is InChI=1S/C32H24N4O/c33-27-17-9-10-18-28(27)37-21-25-20-19-22-11-7-8-16-26(22)29(25)32-35-30(23-12-3-1-4-13-23)34-31(36-32)24-14-5-2-6-15-24/h1-20H,21,33H2. The highest BCUT2D eigenvalue weighted by Gasteiger charge is 2.18. The predicted molar refractivity (Wildman–Crippen MR) is 149 cm³/mol. The summed E-state index contributed by atoms with van der Waals surface area (Å²) in [4.78, 5) is 14.8. The van der Waals surface area contributed by atoms with E-state index in [1.165, 1.54) is 0 Å². The predicted octanol–water partition coefficient (Wildman–Crippen LogP) is 7.19. The molecular weight excluding hydrogens is 456 g/mol. The number of ether oxygens (including phenoxy) is 1. The minimum atomic E-state index is 0.321. The molecule has 0 bridgehead atoms. The van der Waals surface area contributed by atoms with Gasteiger partial charge in [0.25, 0.3) is 0 Å². The second kappa shape index (κ2) is 9.91. The van der Waals surface area contributed by atoms with E-state index in [4.69, 9.17) is 25.4 Å². The van der Waals surface area contributed by atoms with Crippen LogP contribution in [0.2, 0.25) is 0 Å². The van der Waals surface area contributed by atoms with Gasteiger partial charge in [-0.2, -0.15) is 0 Å². The van der Waals surface area contributed by atoms with Crippen LogP contribution in [-0.2, 0) is 6.61 Å². The molecule has 178 valence electrons. The molecule has 6 rings (SSSR count). The molecule has 0 amide bonds. The summed E-state index contributed by atoms with van der Waals surface area (Å²) in [5.74, 6) is 2.49. The monoisotopic (exact) mass is 480 g/mol. The van der Waals surface area contributed by atoms with E-state index in [9.17, 15) is 0 Å². The van der Waals surface area contributed by atoms with E-state index in [1.54, 1.807) is 0 Å². The first kappa shape index (κ1) is 22.4. The van der Waals surface area contributed by atoms with Crippen molar-refractivity contribution in [3.05, 3.63) is 127 Å². The molecule has 1 heterocycles. The van der Waals surface area contributed by atoms with Crippen LogP contribution < -0.4 is 10.5 Å². The number of rotatable bonds is 6. The summed E-state index contributed by atoms with van der Waals surface area (Å²) in [6, 6.07) is 39.9. The third-order valence-electron chi connectivity index (χ3n) is 6.24. The molecule has 1 aromatic heterocycles. The largest absolute Gasteiger partial charge is 0.487 e. The molecule has 37 heavy (non-hydrogen) atoms. The highest BCUT2D eigenvalue weighted by molar-refractivity contribution is 5.97. The maximum absolute atomic E-state index is 6.17. The Morgan fingerprint density at radius 3 is 1.78 bits per heavy atom. The summed E-state index contributed by atoms with van der Waals surface area (Å²) in [6.45, 7) is 0.321. The lowest BCUT2D eigenvalue weighted by Crippen LogP contribution is -2.05. The first-order valence-electron chi connectivity index (χ1n) is 12.1. The van der Waals surface area contributed by atoms with Crippen LogP contribution >= 0.6 is 0 Å². The summed E-state index contributed by atoms with van der Waals surface area (Å²) in [7, 11) is 0. The topological polar surface area (TPSA) is 73.9 Å². The third-order valence-corrected chi connectivity index (χ3v) is 6.24. The van der Waals surface area contributed by atoms with Gasteiger partial charge in [0, 0.05) is 22.3 Å². The molecule has 0 atom stereocenters. The smallest absolute Gasteiger partial charge is 0.165 e. The van der Waals surface area contributed by atoms with Crippen LogP contribution in [0, 0.1) is 0 Å². The van der Waals surface area contributed by atoms with Gasteiger partial charge in [0.1, 0.15) is 12.4 Å². The van der Waals surface area contributed by atoms with Crippen molar-refractivity contribution in [1.82, 2.24) is 15.0 Å². The van der Waals surface area contributed by atoms with Gasteiger partial charge in [-0.05, 0) is 22.9 Å². The zero-order valence-electron chi connectivity index (χ0n) is 20.1. The van der Waals surface area contributed by atoms with Crippen molar-refractivity contribution in [3.63, 3.8) is 0 Å². The molecule has 5 aromatic carbocycles. The van der Waals surface area contributed by atoms with Gasteiger partial charge in [0.15, 0.2) is 17.5 Å². The summed E-state index contributed by atoms with van der Waals surface area (Å²) in [5.41, 5.74) is 10.5. The lowest BCUT2D eigenvalue weighted by molar-refractivity contribution is 0.308. The molecule has 5 nitrogen and oxygen atoms in total. The molecule has 0 aliphatic carbocycles. The van der Waals surface area contributed by atoms with Crippen molar-refractivity contribution >= 4 is 16.5 Å². The zero-order valence-corrected chi connectivity index (χ0v) is 20.1. The Balaban J connectivity index is 1.55. The van der Waals surface area contributed by atoms with Crippen LogP contribution in [0.4, 0.5) is 5.69 Å². The fourth-order valence-corrected chi connectivity index (χ4v) is 4.39. The number of nitrogens with zero attached hydrogens (tertiary/aromatic N) is 3. The van der Waals surface area contributed by atoms with Crippen LogP contribution in [0.5, 0.6) is 5.75 Å². The van der Waals surface area contributed by atoms with Crippen LogP contribution in [0.15, 0.2) is 121 Å². The Kier molecular flexibility index (Phi) is 6.01. The van der Waals surface area contributed by atoms with Gasteiger partial charge in [-0.1, -0.05) is 109 Å². The van der Waals surface area contributed by atoms with Gasteiger partial charge in [0.05, 0.1) is 5.69 Å². The number of fused-ring (bicyclic) bond motifs is 1. The van der Waals surface area contributed by atoms with Crippen molar-refractivity contribution in [2.24, 2.45) is 0 Å². The molecule has 0 aliphatic heterocycles. The van der Waals surface area contributed by atoms with Gasteiger partial charge < -0.3 is 10.5 Å². The SMILES string of the molecule is Nc1ccccc1OCc1ccc2ccccc2c1-c1nc(-c2ccccc2)nc(-c2ccccc2)n1. The number of nitrogens with two attached hydrogens (primary N) is 1. The number of aromatic nitrogens is 3. The average molecular weight is 481 g/mol. The maximum atomic E-state index is 6.17. The summed E-state index contributed by atoms with van der Waals surface area (Å²) in [5, 5.41) is 2.15. The van der Waals surface area contributed by atoms with Gasteiger partial charge in [-0.3, -0.25) is 0 Å². The average Bonchev–Trinajstić information content (AvgIpc) is 2.97. The van der Waals surface area contributed by atoms with Gasteiger partial charge in [-0.25, -0.2) is 15.0 Å². The molecule has 2 N–H and O–H groups in total. The van der Waals surface area contributed by atoms with E-state index in [0.29, 0.717) is 35.5 Å². The Bertz CT molecular complexity index is 1630. The number of hydrogen-bond donors (Lipinski definition) is 1. The highest BCUT2D eigenvalue weighted by Crippen LogP contribution is 2.34. The second-order valence-corrected chi connectivity index (χ2v) is 8.69. The number of hydrogen-bond acceptors (Lipinski definition) is 5. The quantitative estimate of drug-likeness (QED) is 0.255. The van der Waals surface area contributed by atoms with E-state index >= 15 is 0 Å². The summed E-state index contributed by atoms with van der Waals surface area (Å²) >= 11 is 0. The van der Waals surface area contributed by atoms with E-state index in [2.05, 4.69) is 24.3 Å². The highest BCUT2D eigenvalue weighted by atomic mass is 16.5. The summed E-state index contributed by atoms with van der Waals surface area (Å²) in [6.07, 6.45) is 0. The van der Waals surface area contributed by atoms with Crippen LogP contribution in [0.25, 0.3) is 44.9 Å². The van der Waals surface area contributed by atoms with Crippen LogP contribution in [0.3, 0.4) is 0 Å². The molecule has 0 aliphatic rings. The minimum Gasteiger partial charge on any atom is -0.487 e. The molecule has 0 spiro atoms. The number of nitrogen functional groups attached to an aromatic ring is 1.